The van der Waals surface area contributed by atoms with Crippen LogP contribution in [-0.2, 0) is 4.74 Å². The molecule has 0 bridgehead atoms. The molecule has 4 nitrogen and oxygen atoms in total. The number of aliphatic hydroxyl groups is 1. The number of pyridine rings is 1. The maximum absolute atomic E-state index is 10.4. The number of nitrogen functional groups attached to an aromatic ring is 1. The van der Waals surface area contributed by atoms with E-state index in [4.69, 9.17) is 10.5 Å². The molecule has 4 heteroatoms. The second-order valence-corrected chi connectivity index (χ2v) is 3.86. The van der Waals surface area contributed by atoms with Gasteiger partial charge in [0.2, 0.25) is 0 Å². The largest absolute Gasteiger partial charge is 0.385 e. The Morgan fingerprint density at radius 2 is 2.12 bits per heavy atom. The lowest BCUT2D eigenvalue weighted by molar-refractivity contribution is -0.109. The predicted molar refractivity (Wildman–Crippen MR) is 63.9 cm³/mol. The Hall–Kier alpha value is -1.13. The van der Waals surface area contributed by atoms with E-state index < -0.39 is 11.7 Å². The smallest absolute Gasteiger partial charge is 0.129 e. The van der Waals surface area contributed by atoms with Gasteiger partial charge in [0.25, 0.3) is 0 Å². The van der Waals surface area contributed by atoms with Gasteiger partial charge in [0.05, 0.1) is 5.60 Å². The lowest BCUT2D eigenvalue weighted by atomic mass is 9.86. The summed E-state index contributed by atoms with van der Waals surface area (Å²) >= 11 is 0. The van der Waals surface area contributed by atoms with Crippen LogP contribution in [0, 0.1) is 0 Å². The molecule has 0 aliphatic rings. The van der Waals surface area contributed by atoms with Gasteiger partial charge in [-0.05, 0) is 18.9 Å². The van der Waals surface area contributed by atoms with E-state index in [0.29, 0.717) is 11.4 Å². The molecule has 16 heavy (non-hydrogen) atoms. The number of aromatic nitrogens is 1. The second-order valence-electron chi connectivity index (χ2n) is 3.86. The molecule has 3 N–H and O–H groups in total. The van der Waals surface area contributed by atoms with E-state index in [1.54, 1.807) is 25.4 Å². The van der Waals surface area contributed by atoms with Gasteiger partial charge in [0.1, 0.15) is 11.9 Å². The minimum atomic E-state index is -0.749. The number of aliphatic hydroxyl groups excluding tert-OH is 1. The van der Waals surface area contributed by atoms with E-state index in [9.17, 15) is 5.11 Å². The van der Waals surface area contributed by atoms with Gasteiger partial charge < -0.3 is 15.6 Å². The van der Waals surface area contributed by atoms with Crippen LogP contribution in [0.3, 0.4) is 0 Å². The third-order valence-electron chi connectivity index (χ3n) is 3.27. The number of hydrogen-bond acceptors (Lipinski definition) is 4. The van der Waals surface area contributed by atoms with Crippen LogP contribution in [0.25, 0.3) is 0 Å². The van der Waals surface area contributed by atoms with Crippen LogP contribution in [-0.4, -0.2) is 22.8 Å². The molecular formula is C12H20N2O2. The van der Waals surface area contributed by atoms with E-state index in [2.05, 4.69) is 4.98 Å². The minimum absolute atomic E-state index is 0.360. The van der Waals surface area contributed by atoms with Crippen molar-refractivity contribution in [2.45, 2.75) is 38.4 Å². The predicted octanol–water partition coefficient (Wildman–Crippen LogP) is 1.90. The fourth-order valence-corrected chi connectivity index (χ4v) is 1.98. The number of nitrogens with two attached hydrogens (primary N) is 1. The summed E-state index contributed by atoms with van der Waals surface area (Å²) in [6, 6.07) is 3.55. The van der Waals surface area contributed by atoms with Gasteiger partial charge in [-0.15, -0.1) is 0 Å². The van der Waals surface area contributed by atoms with Gasteiger partial charge >= 0.3 is 0 Å². The molecule has 0 aromatic carbocycles. The van der Waals surface area contributed by atoms with Crippen molar-refractivity contribution in [1.82, 2.24) is 4.98 Å². The Labute approximate surface area is 96.5 Å². The van der Waals surface area contributed by atoms with Crippen LogP contribution in [0.4, 0.5) is 5.82 Å². The Balaban J connectivity index is 3.08. The highest BCUT2D eigenvalue weighted by atomic mass is 16.5. The van der Waals surface area contributed by atoms with Crippen molar-refractivity contribution < 1.29 is 9.84 Å². The zero-order valence-electron chi connectivity index (χ0n) is 10.1. The van der Waals surface area contributed by atoms with Crippen molar-refractivity contribution in [3.63, 3.8) is 0 Å². The SMILES string of the molecule is CCC(CC)(OC)C(O)c1cccnc1N. The summed E-state index contributed by atoms with van der Waals surface area (Å²) in [4.78, 5) is 3.98. The quantitative estimate of drug-likeness (QED) is 0.801. The van der Waals surface area contributed by atoms with Crippen molar-refractivity contribution in [1.29, 1.82) is 0 Å². The number of nitrogens with zero attached hydrogens (tertiary/aromatic N) is 1. The average Bonchev–Trinajstić information content (AvgIpc) is 2.32. The molecule has 0 saturated carbocycles. The number of ether oxygens (including phenoxy) is 1. The molecule has 0 saturated heterocycles. The lowest BCUT2D eigenvalue weighted by Crippen LogP contribution is -2.37. The van der Waals surface area contributed by atoms with Gasteiger partial charge in [0.15, 0.2) is 0 Å². The molecule has 0 radical (unpaired) electrons. The topological polar surface area (TPSA) is 68.4 Å². The molecular weight excluding hydrogens is 204 g/mol. The molecule has 0 spiro atoms. The van der Waals surface area contributed by atoms with Gasteiger partial charge in [-0.3, -0.25) is 0 Å². The first kappa shape index (κ1) is 12.9. The summed E-state index contributed by atoms with van der Waals surface area (Å²) < 4.78 is 5.47. The highest BCUT2D eigenvalue weighted by Crippen LogP contribution is 2.36. The average molecular weight is 224 g/mol. The number of anilines is 1. The van der Waals surface area contributed by atoms with E-state index in [1.807, 2.05) is 13.8 Å². The first-order valence-corrected chi connectivity index (χ1v) is 5.55. The molecule has 1 atom stereocenters. The minimum Gasteiger partial charge on any atom is -0.385 e. The Bertz CT molecular complexity index is 329. The maximum Gasteiger partial charge on any atom is 0.129 e. The molecule has 0 fully saturated rings. The van der Waals surface area contributed by atoms with Gasteiger partial charge in [-0.25, -0.2) is 4.98 Å². The molecule has 1 aromatic rings. The summed E-state index contributed by atoms with van der Waals surface area (Å²) in [5.74, 6) is 0.360. The Morgan fingerprint density at radius 1 is 1.50 bits per heavy atom. The van der Waals surface area contributed by atoms with E-state index in [1.165, 1.54) is 0 Å². The highest BCUT2D eigenvalue weighted by molar-refractivity contribution is 5.41. The van der Waals surface area contributed by atoms with Gasteiger partial charge in [-0.1, -0.05) is 19.9 Å². The van der Waals surface area contributed by atoms with Crippen LogP contribution >= 0.6 is 0 Å². The van der Waals surface area contributed by atoms with Crippen molar-refractivity contribution >= 4 is 5.82 Å². The van der Waals surface area contributed by atoms with Crippen molar-refractivity contribution in [3.05, 3.63) is 23.9 Å². The number of rotatable bonds is 5. The summed E-state index contributed by atoms with van der Waals surface area (Å²) in [5.41, 5.74) is 5.80. The zero-order valence-corrected chi connectivity index (χ0v) is 10.1. The molecule has 1 unspecified atom stereocenters. The monoisotopic (exact) mass is 224 g/mol. The summed E-state index contributed by atoms with van der Waals surface area (Å²) in [5, 5.41) is 10.4. The number of methoxy groups -OCH3 is 1. The second kappa shape index (κ2) is 5.27. The Morgan fingerprint density at radius 3 is 2.56 bits per heavy atom. The van der Waals surface area contributed by atoms with Crippen LogP contribution in [0.5, 0.6) is 0 Å². The molecule has 90 valence electrons. The molecule has 0 amide bonds. The molecule has 1 heterocycles. The van der Waals surface area contributed by atoms with Crippen molar-refractivity contribution in [2.24, 2.45) is 0 Å². The van der Waals surface area contributed by atoms with Crippen LogP contribution in [0.15, 0.2) is 18.3 Å². The third kappa shape index (κ3) is 2.18. The van der Waals surface area contributed by atoms with Crippen LogP contribution in [0.1, 0.15) is 38.4 Å². The molecule has 1 rings (SSSR count). The van der Waals surface area contributed by atoms with Gasteiger partial charge in [-0.2, -0.15) is 0 Å². The Kier molecular flexibility index (Phi) is 4.26. The van der Waals surface area contributed by atoms with Crippen LogP contribution in [0.2, 0.25) is 0 Å². The van der Waals surface area contributed by atoms with Crippen molar-refractivity contribution in [3.8, 4) is 0 Å². The molecule has 0 aliphatic carbocycles. The standard InChI is InChI=1S/C12H20N2O2/c1-4-12(5-2,16-3)10(15)9-7-6-8-14-11(9)13/h6-8,10,15H,4-5H2,1-3H3,(H2,13,14). The zero-order chi connectivity index (χ0) is 12.2. The van der Waals surface area contributed by atoms with Crippen LogP contribution < -0.4 is 5.73 Å². The highest BCUT2D eigenvalue weighted by Gasteiger charge is 2.36. The third-order valence-corrected chi connectivity index (χ3v) is 3.27. The maximum atomic E-state index is 10.4. The lowest BCUT2D eigenvalue weighted by Gasteiger charge is -2.35. The molecule has 1 aromatic heterocycles. The normalized spacial score (nSPS) is 13.8. The molecule has 0 aliphatic heterocycles. The summed E-state index contributed by atoms with van der Waals surface area (Å²) in [6.45, 7) is 3.98. The number of hydrogen-bond donors (Lipinski definition) is 2. The van der Waals surface area contributed by atoms with Gasteiger partial charge in [0, 0.05) is 18.9 Å². The first-order valence-electron chi connectivity index (χ1n) is 5.55. The first-order chi connectivity index (χ1) is 7.61. The van der Waals surface area contributed by atoms with Crippen molar-refractivity contribution in [2.75, 3.05) is 12.8 Å². The van der Waals surface area contributed by atoms with E-state index in [-0.39, 0.29) is 0 Å². The summed E-state index contributed by atoms with van der Waals surface area (Å²) in [6.07, 6.45) is 2.30. The fraction of sp³-hybridized carbons (Fsp3) is 0.583. The van der Waals surface area contributed by atoms with E-state index >= 15 is 0 Å². The summed E-state index contributed by atoms with van der Waals surface area (Å²) in [7, 11) is 1.61. The van der Waals surface area contributed by atoms with E-state index in [0.717, 1.165) is 12.8 Å². The fourth-order valence-electron chi connectivity index (χ4n) is 1.98.